The number of nitrogens with zero attached hydrogens (tertiary/aromatic N) is 2. The van der Waals surface area contributed by atoms with Crippen molar-refractivity contribution in [3.05, 3.63) is 48.5 Å². The minimum Gasteiger partial charge on any atom is -0.497 e. The Labute approximate surface area is 130 Å². The van der Waals surface area contributed by atoms with Crippen molar-refractivity contribution in [1.29, 1.82) is 0 Å². The molecule has 1 aromatic carbocycles. The largest absolute Gasteiger partial charge is 0.497 e. The van der Waals surface area contributed by atoms with Crippen molar-refractivity contribution < 1.29 is 14.2 Å². The van der Waals surface area contributed by atoms with Gasteiger partial charge in [0.05, 0.1) is 32.7 Å². The van der Waals surface area contributed by atoms with Crippen molar-refractivity contribution in [3.8, 4) is 5.75 Å². The van der Waals surface area contributed by atoms with Crippen molar-refractivity contribution in [1.82, 2.24) is 9.55 Å². The first-order valence-electron chi connectivity index (χ1n) is 7.59. The Morgan fingerprint density at radius 1 is 1.45 bits per heavy atom. The van der Waals surface area contributed by atoms with E-state index in [1.165, 1.54) is 5.56 Å². The highest BCUT2D eigenvalue weighted by molar-refractivity contribution is 5.28. The molecule has 0 spiro atoms. The lowest BCUT2D eigenvalue weighted by atomic mass is 10.0. The molecule has 0 amide bonds. The number of hydrogen-bond acceptors (Lipinski definition) is 4. The summed E-state index contributed by atoms with van der Waals surface area (Å²) < 4.78 is 19.4. The van der Waals surface area contributed by atoms with Crippen LogP contribution in [0, 0.1) is 0 Å². The predicted octanol–water partition coefficient (Wildman–Crippen LogP) is 2.66. The van der Waals surface area contributed by atoms with E-state index in [1.807, 2.05) is 29.8 Å². The molecule has 1 aromatic heterocycles. The van der Waals surface area contributed by atoms with Gasteiger partial charge in [-0.3, -0.25) is 0 Å². The molecule has 3 rings (SSSR count). The van der Waals surface area contributed by atoms with Crippen LogP contribution in [-0.2, 0) is 22.4 Å². The van der Waals surface area contributed by atoms with Crippen LogP contribution in [-0.4, -0.2) is 35.2 Å². The highest BCUT2D eigenvalue weighted by Gasteiger charge is 2.39. The van der Waals surface area contributed by atoms with E-state index in [0.29, 0.717) is 13.2 Å². The smallest absolute Gasteiger partial charge is 0.187 e. The predicted molar refractivity (Wildman–Crippen MR) is 82.8 cm³/mol. The van der Waals surface area contributed by atoms with Gasteiger partial charge < -0.3 is 18.8 Å². The third kappa shape index (κ3) is 3.48. The number of benzene rings is 1. The quantitative estimate of drug-likeness (QED) is 0.823. The van der Waals surface area contributed by atoms with Crippen LogP contribution in [0.4, 0.5) is 0 Å². The van der Waals surface area contributed by atoms with Gasteiger partial charge >= 0.3 is 0 Å². The van der Waals surface area contributed by atoms with Crippen LogP contribution in [0.5, 0.6) is 5.75 Å². The lowest BCUT2D eigenvalue weighted by molar-refractivity contribution is -0.180. The molecule has 0 N–H and O–H groups in total. The van der Waals surface area contributed by atoms with Crippen molar-refractivity contribution in [2.45, 2.75) is 38.2 Å². The van der Waals surface area contributed by atoms with E-state index in [-0.39, 0.29) is 6.10 Å². The maximum absolute atomic E-state index is 6.10. The standard InChI is InChI=1S/C17H22N2O3/c1-14-11-21-17(22-14,12-19-9-8-18-13-19)7-6-15-4-3-5-16(10-15)20-2/h3-5,8-10,13-14H,6-7,11-12H2,1-2H3. The first-order valence-corrected chi connectivity index (χ1v) is 7.59. The van der Waals surface area contributed by atoms with Crippen LogP contribution in [0.1, 0.15) is 18.9 Å². The summed E-state index contributed by atoms with van der Waals surface area (Å²) in [4.78, 5) is 4.09. The lowest BCUT2D eigenvalue weighted by Crippen LogP contribution is -2.36. The first-order chi connectivity index (χ1) is 10.7. The molecule has 1 aliphatic rings. The molecule has 22 heavy (non-hydrogen) atoms. The molecule has 2 aromatic rings. The minimum absolute atomic E-state index is 0.119. The maximum Gasteiger partial charge on any atom is 0.187 e. The Balaban J connectivity index is 1.70. The van der Waals surface area contributed by atoms with E-state index in [0.717, 1.165) is 18.6 Å². The first kappa shape index (κ1) is 15.1. The lowest BCUT2D eigenvalue weighted by Gasteiger charge is -2.28. The molecule has 5 heteroatoms. The highest BCUT2D eigenvalue weighted by Crippen LogP contribution is 2.31. The highest BCUT2D eigenvalue weighted by atomic mass is 16.7. The Hall–Kier alpha value is -1.85. The van der Waals surface area contributed by atoms with Gasteiger partial charge in [-0.25, -0.2) is 4.98 Å². The van der Waals surface area contributed by atoms with Gasteiger partial charge in [0.15, 0.2) is 5.79 Å². The zero-order valence-corrected chi connectivity index (χ0v) is 13.1. The Kier molecular flexibility index (Phi) is 4.45. The summed E-state index contributed by atoms with van der Waals surface area (Å²) in [7, 11) is 1.69. The van der Waals surface area contributed by atoms with Crippen LogP contribution in [0.3, 0.4) is 0 Å². The van der Waals surface area contributed by atoms with Gasteiger partial charge in [0.1, 0.15) is 5.75 Å². The summed E-state index contributed by atoms with van der Waals surface area (Å²) in [6.45, 7) is 3.33. The second kappa shape index (κ2) is 6.50. The molecule has 1 fully saturated rings. The summed E-state index contributed by atoms with van der Waals surface area (Å²) in [5.41, 5.74) is 1.22. The number of imidazole rings is 1. The van der Waals surface area contributed by atoms with Gasteiger partial charge in [-0.15, -0.1) is 0 Å². The summed E-state index contributed by atoms with van der Waals surface area (Å²) in [5, 5.41) is 0. The molecule has 2 unspecified atom stereocenters. The number of hydrogen-bond donors (Lipinski definition) is 0. The molecule has 118 valence electrons. The fourth-order valence-corrected chi connectivity index (χ4v) is 2.82. The number of ether oxygens (including phenoxy) is 3. The van der Waals surface area contributed by atoms with Crippen LogP contribution < -0.4 is 4.74 Å². The third-order valence-electron chi connectivity index (χ3n) is 3.91. The van der Waals surface area contributed by atoms with Crippen molar-refractivity contribution in [2.75, 3.05) is 13.7 Å². The molecule has 0 bridgehead atoms. The number of aromatic nitrogens is 2. The van der Waals surface area contributed by atoms with Gasteiger partial charge in [-0.1, -0.05) is 12.1 Å². The molecule has 0 radical (unpaired) electrons. The topological polar surface area (TPSA) is 45.5 Å². The monoisotopic (exact) mass is 302 g/mol. The van der Waals surface area contributed by atoms with E-state index in [1.54, 1.807) is 19.6 Å². The second-order valence-corrected chi connectivity index (χ2v) is 5.74. The molecule has 1 saturated heterocycles. The fraction of sp³-hybridized carbons (Fsp3) is 0.471. The SMILES string of the molecule is COc1cccc(CCC2(Cn3ccnc3)OCC(C)O2)c1. The van der Waals surface area contributed by atoms with Crippen LogP contribution in [0.15, 0.2) is 43.0 Å². The third-order valence-corrected chi connectivity index (χ3v) is 3.91. The average Bonchev–Trinajstić information content (AvgIpc) is 3.16. The van der Waals surface area contributed by atoms with Crippen molar-refractivity contribution in [2.24, 2.45) is 0 Å². The van der Waals surface area contributed by atoms with Gasteiger partial charge in [0, 0.05) is 18.8 Å². The van der Waals surface area contributed by atoms with E-state index in [9.17, 15) is 0 Å². The fourth-order valence-electron chi connectivity index (χ4n) is 2.82. The van der Waals surface area contributed by atoms with E-state index < -0.39 is 5.79 Å². The normalized spacial score (nSPS) is 24.5. The molecule has 2 heterocycles. The van der Waals surface area contributed by atoms with Gasteiger partial charge in [0.25, 0.3) is 0 Å². The van der Waals surface area contributed by atoms with E-state index in [2.05, 4.69) is 17.1 Å². The molecule has 1 aliphatic heterocycles. The summed E-state index contributed by atoms with van der Waals surface area (Å²) in [6, 6.07) is 8.13. The van der Waals surface area contributed by atoms with Crippen molar-refractivity contribution >= 4 is 0 Å². The van der Waals surface area contributed by atoms with Gasteiger partial charge in [0.2, 0.25) is 0 Å². The Bertz CT molecular complexity index is 600. The minimum atomic E-state index is -0.580. The molecule has 2 atom stereocenters. The zero-order valence-electron chi connectivity index (χ0n) is 13.1. The summed E-state index contributed by atoms with van der Waals surface area (Å²) in [6.07, 6.45) is 7.29. The number of aryl methyl sites for hydroxylation is 1. The molecule has 0 aliphatic carbocycles. The number of methoxy groups -OCH3 is 1. The van der Waals surface area contributed by atoms with Crippen molar-refractivity contribution in [3.63, 3.8) is 0 Å². The Morgan fingerprint density at radius 2 is 2.36 bits per heavy atom. The number of rotatable bonds is 6. The van der Waals surface area contributed by atoms with Crippen LogP contribution in [0.25, 0.3) is 0 Å². The Morgan fingerprint density at radius 3 is 3.05 bits per heavy atom. The zero-order chi connectivity index (χ0) is 15.4. The molecular formula is C17H22N2O3. The van der Waals surface area contributed by atoms with Gasteiger partial charge in [-0.2, -0.15) is 0 Å². The molecule has 5 nitrogen and oxygen atoms in total. The molecular weight excluding hydrogens is 280 g/mol. The van der Waals surface area contributed by atoms with E-state index in [4.69, 9.17) is 14.2 Å². The molecule has 0 saturated carbocycles. The maximum atomic E-state index is 6.10. The van der Waals surface area contributed by atoms with Crippen LogP contribution >= 0.6 is 0 Å². The summed E-state index contributed by atoms with van der Waals surface area (Å²) in [5.74, 6) is 0.297. The second-order valence-electron chi connectivity index (χ2n) is 5.74. The van der Waals surface area contributed by atoms with Crippen LogP contribution in [0.2, 0.25) is 0 Å². The van der Waals surface area contributed by atoms with E-state index >= 15 is 0 Å². The van der Waals surface area contributed by atoms with Gasteiger partial charge in [-0.05, 0) is 31.0 Å². The average molecular weight is 302 g/mol. The summed E-state index contributed by atoms with van der Waals surface area (Å²) >= 11 is 0.